The smallest absolute Gasteiger partial charge is 0.413 e. The maximum absolute atomic E-state index is 12.2. The topological polar surface area (TPSA) is 97.3 Å². The standard InChI is InChI=1S/C16H22N2O6/c1-15(2)16(3,21)18(14(20)24-15)9-13(19)17-10-6-7-11(22-4)12(8-10)23-5/h6-8,21H,9H2,1-5H3,(H,17,19). The minimum Gasteiger partial charge on any atom is -0.493 e. The Kier molecular flexibility index (Phi) is 4.61. The lowest BCUT2D eigenvalue weighted by molar-refractivity contribution is -0.137. The summed E-state index contributed by atoms with van der Waals surface area (Å²) in [5.41, 5.74) is -2.24. The van der Waals surface area contributed by atoms with Crippen molar-refractivity contribution < 1.29 is 28.9 Å². The molecule has 1 saturated heterocycles. The van der Waals surface area contributed by atoms with E-state index >= 15 is 0 Å². The number of carbonyl (C=O) groups is 2. The molecule has 0 saturated carbocycles. The molecule has 1 unspecified atom stereocenters. The second-order valence-electron chi connectivity index (χ2n) is 6.10. The Morgan fingerprint density at radius 2 is 1.88 bits per heavy atom. The van der Waals surface area contributed by atoms with Crippen molar-refractivity contribution in [3.63, 3.8) is 0 Å². The number of amides is 2. The average Bonchev–Trinajstić information content (AvgIpc) is 2.65. The third-order valence-electron chi connectivity index (χ3n) is 4.20. The molecule has 24 heavy (non-hydrogen) atoms. The van der Waals surface area contributed by atoms with Gasteiger partial charge in [0.05, 0.1) is 14.2 Å². The Morgan fingerprint density at radius 1 is 1.25 bits per heavy atom. The maximum atomic E-state index is 12.2. The van der Waals surface area contributed by atoms with Gasteiger partial charge in [0.15, 0.2) is 22.8 Å². The predicted molar refractivity (Wildman–Crippen MR) is 86.1 cm³/mol. The molecule has 0 aliphatic carbocycles. The predicted octanol–water partition coefficient (Wildman–Crippen LogP) is 1.58. The third-order valence-corrected chi connectivity index (χ3v) is 4.20. The van der Waals surface area contributed by atoms with Crippen LogP contribution in [-0.4, -0.2) is 54.1 Å². The lowest BCUT2D eigenvalue weighted by atomic mass is 9.96. The van der Waals surface area contributed by atoms with Gasteiger partial charge in [-0.2, -0.15) is 0 Å². The van der Waals surface area contributed by atoms with E-state index in [9.17, 15) is 14.7 Å². The quantitative estimate of drug-likeness (QED) is 0.846. The van der Waals surface area contributed by atoms with Crippen molar-refractivity contribution in [2.75, 3.05) is 26.1 Å². The molecule has 2 amide bonds. The van der Waals surface area contributed by atoms with Crippen LogP contribution >= 0.6 is 0 Å². The normalized spacial score (nSPS) is 22.1. The Bertz CT molecular complexity index is 656. The van der Waals surface area contributed by atoms with Gasteiger partial charge in [-0.15, -0.1) is 0 Å². The van der Waals surface area contributed by atoms with Crippen LogP contribution in [0.25, 0.3) is 0 Å². The van der Waals surface area contributed by atoms with Crippen LogP contribution in [0, 0.1) is 0 Å². The average molecular weight is 338 g/mol. The van der Waals surface area contributed by atoms with Gasteiger partial charge in [-0.3, -0.25) is 9.69 Å². The molecule has 1 heterocycles. The highest BCUT2D eigenvalue weighted by molar-refractivity contribution is 5.94. The number of cyclic esters (lactones) is 1. The summed E-state index contributed by atoms with van der Waals surface area (Å²) in [6.07, 6.45) is -0.743. The zero-order valence-electron chi connectivity index (χ0n) is 14.4. The molecular weight excluding hydrogens is 316 g/mol. The molecule has 1 aromatic rings. The van der Waals surface area contributed by atoms with Crippen LogP contribution in [0.3, 0.4) is 0 Å². The van der Waals surface area contributed by atoms with E-state index in [-0.39, 0.29) is 6.54 Å². The molecular formula is C16H22N2O6. The summed E-state index contributed by atoms with van der Waals surface area (Å²) in [7, 11) is 3.00. The largest absolute Gasteiger partial charge is 0.493 e. The summed E-state index contributed by atoms with van der Waals surface area (Å²) in [5, 5.41) is 13.1. The number of nitrogens with one attached hydrogen (secondary N) is 1. The van der Waals surface area contributed by atoms with Crippen molar-refractivity contribution >= 4 is 17.7 Å². The number of hydrogen-bond acceptors (Lipinski definition) is 6. The fourth-order valence-electron chi connectivity index (χ4n) is 2.35. The second kappa shape index (κ2) is 6.20. The van der Waals surface area contributed by atoms with E-state index in [2.05, 4.69) is 5.32 Å². The van der Waals surface area contributed by atoms with Gasteiger partial charge >= 0.3 is 6.09 Å². The molecule has 1 aromatic carbocycles. The molecule has 0 bridgehead atoms. The first-order valence-corrected chi connectivity index (χ1v) is 7.37. The molecule has 0 aromatic heterocycles. The molecule has 0 radical (unpaired) electrons. The van der Waals surface area contributed by atoms with E-state index in [1.807, 2.05) is 0 Å². The van der Waals surface area contributed by atoms with E-state index in [1.165, 1.54) is 21.1 Å². The summed E-state index contributed by atoms with van der Waals surface area (Å²) in [5.74, 6) is 0.518. The first-order chi connectivity index (χ1) is 11.1. The van der Waals surface area contributed by atoms with Gasteiger partial charge in [0.2, 0.25) is 5.91 Å². The van der Waals surface area contributed by atoms with E-state index in [0.717, 1.165) is 4.90 Å². The van der Waals surface area contributed by atoms with Crippen LogP contribution in [0.15, 0.2) is 18.2 Å². The van der Waals surface area contributed by atoms with Crippen LogP contribution in [-0.2, 0) is 9.53 Å². The number of benzene rings is 1. The van der Waals surface area contributed by atoms with Crippen molar-refractivity contribution in [1.29, 1.82) is 0 Å². The number of anilines is 1. The molecule has 8 heteroatoms. The van der Waals surface area contributed by atoms with Crippen LogP contribution in [0.1, 0.15) is 20.8 Å². The maximum Gasteiger partial charge on any atom is 0.413 e. The number of carbonyl (C=O) groups excluding carboxylic acids is 2. The Balaban J connectivity index is 2.10. The SMILES string of the molecule is COc1ccc(NC(=O)CN2C(=O)OC(C)(C)C2(C)O)cc1OC. The molecule has 8 nitrogen and oxygen atoms in total. The molecule has 2 rings (SSSR count). The summed E-state index contributed by atoms with van der Waals surface area (Å²) in [6, 6.07) is 4.89. The van der Waals surface area contributed by atoms with Crippen LogP contribution in [0.2, 0.25) is 0 Å². The number of aliphatic hydroxyl groups is 1. The molecule has 1 fully saturated rings. The zero-order valence-corrected chi connectivity index (χ0v) is 14.4. The van der Waals surface area contributed by atoms with Crippen molar-refractivity contribution in [1.82, 2.24) is 4.90 Å². The van der Waals surface area contributed by atoms with E-state index < -0.39 is 23.3 Å². The summed E-state index contributed by atoms with van der Waals surface area (Å²) in [4.78, 5) is 25.1. The van der Waals surface area contributed by atoms with Crippen molar-refractivity contribution in [2.45, 2.75) is 32.1 Å². The highest BCUT2D eigenvalue weighted by Crippen LogP contribution is 2.36. The van der Waals surface area contributed by atoms with Crippen LogP contribution in [0.5, 0.6) is 11.5 Å². The highest BCUT2D eigenvalue weighted by atomic mass is 16.6. The highest BCUT2D eigenvalue weighted by Gasteiger charge is 2.56. The Hall–Kier alpha value is -2.48. The summed E-state index contributed by atoms with van der Waals surface area (Å²) < 4.78 is 15.4. The molecule has 0 spiro atoms. The summed E-state index contributed by atoms with van der Waals surface area (Å²) in [6.45, 7) is 4.25. The Labute approximate surface area is 140 Å². The van der Waals surface area contributed by atoms with Crippen LogP contribution in [0.4, 0.5) is 10.5 Å². The molecule has 1 aliphatic rings. The van der Waals surface area contributed by atoms with Crippen molar-refractivity contribution in [3.8, 4) is 11.5 Å². The summed E-state index contributed by atoms with van der Waals surface area (Å²) >= 11 is 0. The fraction of sp³-hybridized carbons (Fsp3) is 0.500. The molecule has 2 N–H and O–H groups in total. The second-order valence-corrected chi connectivity index (χ2v) is 6.10. The van der Waals surface area contributed by atoms with Gasteiger partial charge in [0.25, 0.3) is 0 Å². The van der Waals surface area contributed by atoms with Crippen molar-refractivity contribution in [2.24, 2.45) is 0 Å². The van der Waals surface area contributed by atoms with E-state index in [0.29, 0.717) is 17.2 Å². The van der Waals surface area contributed by atoms with Gasteiger partial charge < -0.3 is 24.6 Å². The van der Waals surface area contributed by atoms with Gasteiger partial charge in [-0.1, -0.05) is 0 Å². The number of hydrogen-bond donors (Lipinski definition) is 2. The fourth-order valence-corrected chi connectivity index (χ4v) is 2.35. The molecule has 132 valence electrons. The zero-order chi connectivity index (χ0) is 18.1. The van der Waals surface area contributed by atoms with Gasteiger partial charge in [0.1, 0.15) is 6.54 Å². The molecule has 1 aliphatic heterocycles. The van der Waals surface area contributed by atoms with Crippen molar-refractivity contribution in [3.05, 3.63) is 18.2 Å². The lowest BCUT2D eigenvalue weighted by Gasteiger charge is -2.34. The van der Waals surface area contributed by atoms with Gasteiger partial charge in [0, 0.05) is 11.8 Å². The number of rotatable bonds is 5. The third kappa shape index (κ3) is 3.09. The number of ether oxygens (including phenoxy) is 3. The lowest BCUT2D eigenvalue weighted by Crippen LogP contribution is -2.55. The van der Waals surface area contributed by atoms with E-state index in [4.69, 9.17) is 14.2 Å². The first-order valence-electron chi connectivity index (χ1n) is 7.37. The van der Waals surface area contributed by atoms with E-state index in [1.54, 1.807) is 32.0 Å². The van der Waals surface area contributed by atoms with Gasteiger partial charge in [-0.25, -0.2) is 4.79 Å². The van der Waals surface area contributed by atoms with Gasteiger partial charge in [-0.05, 0) is 32.9 Å². The minimum absolute atomic E-state index is 0.344. The number of nitrogens with zero attached hydrogens (tertiary/aromatic N) is 1. The number of methoxy groups -OCH3 is 2. The monoisotopic (exact) mass is 338 g/mol. The minimum atomic E-state index is -1.60. The first kappa shape index (κ1) is 17.9. The molecule has 1 atom stereocenters. The van der Waals surface area contributed by atoms with Crippen LogP contribution < -0.4 is 14.8 Å². The Morgan fingerprint density at radius 3 is 2.38 bits per heavy atom.